The second-order valence-electron chi connectivity index (χ2n) is 4.12. The lowest BCUT2D eigenvalue weighted by molar-refractivity contribution is -0.119. The van der Waals surface area contributed by atoms with Gasteiger partial charge >= 0.3 is 0 Å². The summed E-state index contributed by atoms with van der Waals surface area (Å²) in [6, 6.07) is 1.80. The lowest BCUT2D eigenvalue weighted by Crippen LogP contribution is -2.18. The van der Waals surface area contributed by atoms with Crippen molar-refractivity contribution < 1.29 is 14.3 Å². The van der Waals surface area contributed by atoms with E-state index in [1.54, 1.807) is 12.3 Å². The van der Waals surface area contributed by atoms with Crippen molar-refractivity contribution in [2.75, 3.05) is 19.0 Å². The third kappa shape index (κ3) is 3.42. The minimum Gasteiger partial charge on any atom is -0.487 e. The molecule has 1 saturated carbocycles. The number of hydrogen-bond donors (Lipinski definition) is 1. The summed E-state index contributed by atoms with van der Waals surface area (Å²) in [6.45, 7) is 1.90. The summed E-state index contributed by atoms with van der Waals surface area (Å²) in [5.41, 5.74) is 1.49. The number of nitrogens with zero attached hydrogens (tertiary/aromatic N) is 1. The van der Waals surface area contributed by atoms with Crippen LogP contribution in [0, 0.1) is 6.92 Å². The molecule has 1 aromatic rings. The Bertz CT molecular complexity index is 416. The van der Waals surface area contributed by atoms with E-state index in [1.807, 2.05) is 6.92 Å². The number of hydrogen-bond acceptors (Lipinski definition) is 4. The van der Waals surface area contributed by atoms with Gasteiger partial charge < -0.3 is 14.8 Å². The van der Waals surface area contributed by atoms with Gasteiger partial charge in [-0.15, -0.1) is 0 Å². The molecule has 0 unspecified atom stereocenters. The number of nitrogens with one attached hydrogen (secondary N) is 1. The molecule has 0 atom stereocenters. The first-order chi connectivity index (χ1) is 8.19. The molecule has 1 aliphatic rings. The Balaban J connectivity index is 2.10. The van der Waals surface area contributed by atoms with Gasteiger partial charge in [0.05, 0.1) is 18.0 Å². The fraction of sp³-hybridized carbons (Fsp3) is 0.500. The number of rotatable bonds is 5. The van der Waals surface area contributed by atoms with Crippen LogP contribution in [0.5, 0.6) is 5.75 Å². The number of methoxy groups -OCH3 is 1. The molecule has 0 saturated heterocycles. The Morgan fingerprint density at radius 2 is 2.35 bits per heavy atom. The topological polar surface area (TPSA) is 60.5 Å². The minimum absolute atomic E-state index is 0.0320. The van der Waals surface area contributed by atoms with Crippen molar-refractivity contribution in [2.45, 2.75) is 25.9 Å². The van der Waals surface area contributed by atoms with Crippen LogP contribution in [0.4, 0.5) is 5.69 Å². The van der Waals surface area contributed by atoms with Gasteiger partial charge in [-0.2, -0.15) is 0 Å². The monoisotopic (exact) mass is 236 g/mol. The van der Waals surface area contributed by atoms with Gasteiger partial charge in [-0.1, -0.05) is 0 Å². The van der Waals surface area contributed by atoms with Gasteiger partial charge in [-0.25, -0.2) is 0 Å². The Labute approximate surface area is 100 Å². The van der Waals surface area contributed by atoms with Crippen LogP contribution < -0.4 is 10.1 Å². The highest BCUT2D eigenvalue weighted by molar-refractivity contribution is 5.93. The van der Waals surface area contributed by atoms with Crippen LogP contribution in [-0.4, -0.2) is 30.7 Å². The van der Waals surface area contributed by atoms with E-state index >= 15 is 0 Å². The Morgan fingerprint density at radius 1 is 1.59 bits per heavy atom. The highest BCUT2D eigenvalue weighted by atomic mass is 16.5. The number of carbonyl (C=O) groups excluding carboxylic acids is 1. The number of anilines is 1. The van der Waals surface area contributed by atoms with Gasteiger partial charge in [-0.05, 0) is 25.8 Å². The van der Waals surface area contributed by atoms with Crippen molar-refractivity contribution in [2.24, 2.45) is 0 Å². The summed E-state index contributed by atoms with van der Waals surface area (Å²) in [4.78, 5) is 15.6. The average molecular weight is 236 g/mol. The lowest BCUT2D eigenvalue weighted by atomic mass is 10.3. The summed E-state index contributed by atoms with van der Waals surface area (Å²) in [5.74, 6) is 0.432. The first-order valence-corrected chi connectivity index (χ1v) is 5.61. The second-order valence-corrected chi connectivity index (χ2v) is 4.12. The molecule has 92 valence electrons. The first-order valence-electron chi connectivity index (χ1n) is 5.61. The molecule has 1 fully saturated rings. The van der Waals surface area contributed by atoms with E-state index in [2.05, 4.69) is 10.3 Å². The van der Waals surface area contributed by atoms with Gasteiger partial charge in [0.1, 0.15) is 6.61 Å². The molecule has 1 aromatic heterocycles. The molecule has 1 N–H and O–H groups in total. The summed E-state index contributed by atoms with van der Waals surface area (Å²) in [7, 11) is 1.49. The van der Waals surface area contributed by atoms with Crippen molar-refractivity contribution in [3.63, 3.8) is 0 Å². The van der Waals surface area contributed by atoms with E-state index < -0.39 is 0 Å². The molecule has 0 aromatic carbocycles. The van der Waals surface area contributed by atoms with Crippen molar-refractivity contribution in [1.29, 1.82) is 0 Å². The fourth-order valence-corrected chi connectivity index (χ4v) is 1.42. The SMILES string of the molecule is COCC(=O)Nc1cc(C)ncc1OC1CC1. The van der Waals surface area contributed by atoms with Crippen LogP contribution in [-0.2, 0) is 9.53 Å². The van der Waals surface area contributed by atoms with Crippen LogP contribution >= 0.6 is 0 Å². The Kier molecular flexibility index (Phi) is 3.58. The van der Waals surface area contributed by atoms with Crippen LogP contribution in [0.15, 0.2) is 12.3 Å². The number of ether oxygens (including phenoxy) is 2. The molecule has 1 heterocycles. The molecule has 0 bridgehead atoms. The Morgan fingerprint density at radius 3 is 3.00 bits per heavy atom. The minimum atomic E-state index is -0.196. The summed E-state index contributed by atoms with van der Waals surface area (Å²) >= 11 is 0. The van der Waals surface area contributed by atoms with E-state index in [9.17, 15) is 4.79 Å². The summed E-state index contributed by atoms with van der Waals surface area (Å²) < 4.78 is 10.4. The lowest BCUT2D eigenvalue weighted by Gasteiger charge is -2.12. The van der Waals surface area contributed by atoms with E-state index in [0.717, 1.165) is 18.5 Å². The zero-order valence-corrected chi connectivity index (χ0v) is 10.0. The maximum atomic E-state index is 11.5. The Hall–Kier alpha value is -1.62. The standard InChI is InChI=1S/C12H16N2O3/c1-8-5-10(14-12(15)7-16-2)11(6-13-8)17-9-3-4-9/h5-6,9H,3-4,7H2,1-2H3,(H,13,14,15). The van der Waals surface area contributed by atoms with Crippen LogP contribution in [0.1, 0.15) is 18.5 Å². The summed E-state index contributed by atoms with van der Waals surface area (Å²) in [5, 5.41) is 2.76. The molecule has 0 spiro atoms. The highest BCUT2D eigenvalue weighted by Gasteiger charge is 2.25. The van der Waals surface area contributed by atoms with Crippen molar-refractivity contribution in [1.82, 2.24) is 4.98 Å². The predicted molar refractivity (Wildman–Crippen MR) is 63.1 cm³/mol. The van der Waals surface area contributed by atoms with Crippen LogP contribution in [0.2, 0.25) is 0 Å². The molecular formula is C12H16N2O3. The zero-order valence-electron chi connectivity index (χ0n) is 10.0. The molecule has 1 aliphatic carbocycles. The quantitative estimate of drug-likeness (QED) is 0.842. The summed E-state index contributed by atoms with van der Waals surface area (Å²) in [6.07, 6.45) is 4.06. The number of amides is 1. The van der Waals surface area contributed by atoms with E-state index in [0.29, 0.717) is 11.4 Å². The van der Waals surface area contributed by atoms with Gasteiger partial charge in [0.15, 0.2) is 5.75 Å². The van der Waals surface area contributed by atoms with Crippen LogP contribution in [0.3, 0.4) is 0 Å². The van der Waals surface area contributed by atoms with Gasteiger partial charge in [0, 0.05) is 12.8 Å². The molecule has 2 rings (SSSR count). The van der Waals surface area contributed by atoms with Crippen molar-refractivity contribution >= 4 is 11.6 Å². The molecule has 5 heteroatoms. The largest absolute Gasteiger partial charge is 0.487 e. The molecule has 0 aliphatic heterocycles. The first kappa shape index (κ1) is 11.9. The zero-order chi connectivity index (χ0) is 12.3. The molecular weight excluding hydrogens is 220 g/mol. The second kappa shape index (κ2) is 5.14. The number of aryl methyl sites for hydroxylation is 1. The van der Waals surface area contributed by atoms with Gasteiger partial charge in [0.25, 0.3) is 0 Å². The van der Waals surface area contributed by atoms with E-state index in [-0.39, 0.29) is 18.6 Å². The third-order valence-corrected chi connectivity index (χ3v) is 2.37. The van der Waals surface area contributed by atoms with Crippen molar-refractivity contribution in [3.8, 4) is 5.75 Å². The predicted octanol–water partition coefficient (Wildman–Crippen LogP) is 1.52. The number of aromatic nitrogens is 1. The highest BCUT2D eigenvalue weighted by Crippen LogP contribution is 2.31. The van der Waals surface area contributed by atoms with Gasteiger partial charge in [0.2, 0.25) is 5.91 Å². The molecule has 17 heavy (non-hydrogen) atoms. The third-order valence-electron chi connectivity index (χ3n) is 2.37. The molecule has 1 amide bonds. The number of carbonyl (C=O) groups is 1. The average Bonchev–Trinajstić information content (AvgIpc) is 3.06. The van der Waals surface area contributed by atoms with Gasteiger partial charge in [-0.3, -0.25) is 9.78 Å². The maximum absolute atomic E-state index is 11.5. The maximum Gasteiger partial charge on any atom is 0.250 e. The smallest absolute Gasteiger partial charge is 0.250 e. The van der Waals surface area contributed by atoms with E-state index in [4.69, 9.17) is 9.47 Å². The molecule has 0 radical (unpaired) electrons. The van der Waals surface area contributed by atoms with E-state index in [1.165, 1.54) is 7.11 Å². The normalized spacial score (nSPS) is 14.5. The van der Waals surface area contributed by atoms with Crippen molar-refractivity contribution in [3.05, 3.63) is 18.0 Å². The van der Waals surface area contributed by atoms with Crippen LogP contribution in [0.25, 0.3) is 0 Å². The molecule has 5 nitrogen and oxygen atoms in total. The number of pyridine rings is 1. The fourth-order valence-electron chi connectivity index (χ4n) is 1.42.